The highest BCUT2D eigenvalue weighted by atomic mass is 19.1. The van der Waals surface area contributed by atoms with Gasteiger partial charge in [0.05, 0.1) is 0 Å². The van der Waals surface area contributed by atoms with E-state index in [4.69, 9.17) is 9.47 Å². The SMILES string of the molecule is Cc1cccc(O[C@@H](C)C(=O)O[C@@H](C)C(=O)Nc2c(F)cccc2F)c1. The number of ether oxygens (including phenoxy) is 2. The molecule has 0 aliphatic carbocycles. The number of para-hydroxylation sites is 1. The fraction of sp³-hybridized carbons (Fsp3) is 0.263. The van der Waals surface area contributed by atoms with Crippen LogP contribution in [0.25, 0.3) is 0 Å². The van der Waals surface area contributed by atoms with Gasteiger partial charge in [0.25, 0.3) is 5.91 Å². The van der Waals surface area contributed by atoms with E-state index in [1.165, 1.54) is 19.9 Å². The number of halogens is 2. The van der Waals surface area contributed by atoms with Gasteiger partial charge in [-0.3, -0.25) is 4.79 Å². The van der Waals surface area contributed by atoms with Gasteiger partial charge in [-0.2, -0.15) is 0 Å². The molecule has 0 radical (unpaired) electrons. The lowest BCUT2D eigenvalue weighted by molar-refractivity contribution is -0.159. The molecular formula is C19H19F2NO4. The molecule has 0 heterocycles. The van der Waals surface area contributed by atoms with Gasteiger partial charge in [0, 0.05) is 0 Å². The van der Waals surface area contributed by atoms with Crippen LogP contribution in [-0.4, -0.2) is 24.1 Å². The summed E-state index contributed by atoms with van der Waals surface area (Å²) in [7, 11) is 0. The lowest BCUT2D eigenvalue weighted by Gasteiger charge is -2.18. The first-order valence-corrected chi connectivity index (χ1v) is 7.96. The Bertz CT molecular complexity index is 790. The van der Waals surface area contributed by atoms with Gasteiger partial charge in [-0.15, -0.1) is 0 Å². The Hall–Kier alpha value is -2.96. The summed E-state index contributed by atoms with van der Waals surface area (Å²) in [6, 6.07) is 10.3. The zero-order valence-corrected chi connectivity index (χ0v) is 14.6. The van der Waals surface area contributed by atoms with Crippen molar-refractivity contribution in [1.29, 1.82) is 0 Å². The zero-order chi connectivity index (χ0) is 19.3. The van der Waals surface area contributed by atoms with Crippen molar-refractivity contribution in [2.24, 2.45) is 0 Å². The second-order valence-electron chi connectivity index (χ2n) is 5.74. The van der Waals surface area contributed by atoms with Crippen LogP contribution in [0.4, 0.5) is 14.5 Å². The highest BCUT2D eigenvalue weighted by Gasteiger charge is 2.24. The van der Waals surface area contributed by atoms with Crippen LogP contribution >= 0.6 is 0 Å². The molecule has 1 N–H and O–H groups in total. The normalized spacial score (nSPS) is 12.8. The molecule has 1 amide bonds. The topological polar surface area (TPSA) is 64.6 Å². The largest absolute Gasteiger partial charge is 0.479 e. The second-order valence-corrected chi connectivity index (χ2v) is 5.74. The van der Waals surface area contributed by atoms with E-state index < -0.39 is 41.4 Å². The Kier molecular flexibility index (Phi) is 6.27. The zero-order valence-electron chi connectivity index (χ0n) is 14.6. The van der Waals surface area contributed by atoms with E-state index in [-0.39, 0.29) is 0 Å². The number of rotatable bonds is 6. The van der Waals surface area contributed by atoms with Crippen molar-refractivity contribution in [3.8, 4) is 5.75 Å². The molecule has 0 bridgehead atoms. The predicted octanol–water partition coefficient (Wildman–Crippen LogP) is 3.61. The van der Waals surface area contributed by atoms with Crippen LogP contribution in [0.1, 0.15) is 19.4 Å². The number of benzene rings is 2. The van der Waals surface area contributed by atoms with Crippen molar-refractivity contribution >= 4 is 17.6 Å². The highest BCUT2D eigenvalue weighted by molar-refractivity contribution is 5.95. The number of aryl methyl sites for hydroxylation is 1. The van der Waals surface area contributed by atoms with Gasteiger partial charge in [-0.05, 0) is 50.6 Å². The van der Waals surface area contributed by atoms with Gasteiger partial charge >= 0.3 is 5.97 Å². The Morgan fingerprint density at radius 1 is 1.00 bits per heavy atom. The van der Waals surface area contributed by atoms with E-state index in [2.05, 4.69) is 5.32 Å². The van der Waals surface area contributed by atoms with Gasteiger partial charge in [-0.25, -0.2) is 13.6 Å². The number of hydrogen-bond acceptors (Lipinski definition) is 4. The van der Waals surface area contributed by atoms with E-state index in [1.807, 2.05) is 13.0 Å². The summed E-state index contributed by atoms with van der Waals surface area (Å²) in [6.45, 7) is 4.65. The van der Waals surface area contributed by atoms with Gasteiger partial charge in [0.2, 0.25) is 0 Å². The third kappa shape index (κ3) is 5.02. The highest BCUT2D eigenvalue weighted by Crippen LogP contribution is 2.19. The number of anilines is 1. The maximum atomic E-state index is 13.6. The van der Waals surface area contributed by atoms with E-state index in [9.17, 15) is 18.4 Å². The van der Waals surface area contributed by atoms with Crippen LogP contribution in [0.3, 0.4) is 0 Å². The average molecular weight is 363 g/mol. The number of carbonyl (C=O) groups excluding carboxylic acids is 2. The maximum Gasteiger partial charge on any atom is 0.347 e. The lowest BCUT2D eigenvalue weighted by Crippen LogP contribution is -2.35. The van der Waals surface area contributed by atoms with Crippen LogP contribution in [0.15, 0.2) is 42.5 Å². The minimum Gasteiger partial charge on any atom is -0.479 e. The van der Waals surface area contributed by atoms with Crippen molar-refractivity contribution in [3.63, 3.8) is 0 Å². The van der Waals surface area contributed by atoms with E-state index in [0.29, 0.717) is 5.75 Å². The van der Waals surface area contributed by atoms with Gasteiger partial charge in [-0.1, -0.05) is 18.2 Å². The molecule has 0 aliphatic rings. The number of esters is 1. The predicted molar refractivity (Wildman–Crippen MR) is 91.8 cm³/mol. The molecule has 7 heteroatoms. The third-order valence-electron chi connectivity index (χ3n) is 3.51. The van der Waals surface area contributed by atoms with Gasteiger partial charge in [0.15, 0.2) is 12.2 Å². The van der Waals surface area contributed by atoms with Crippen LogP contribution in [0, 0.1) is 18.6 Å². The number of hydrogen-bond donors (Lipinski definition) is 1. The summed E-state index contributed by atoms with van der Waals surface area (Å²) in [5.41, 5.74) is 0.368. The molecule has 0 saturated carbocycles. The molecule has 0 unspecified atom stereocenters. The summed E-state index contributed by atoms with van der Waals surface area (Å²) in [6.07, 6.45) is -2.22. The number of nitrogens with one attached hydrogen (secondary N) is 1. The quantitative estimate of drug-likeness (QED) is 0.797. The minimum absolute atomic E-state index is 0.486. The number of amides is 1. The molecule has 2 rings (SSSR count). The second kappa shape index (κ2) is 8.42. The van der Waals surface area contributed by atoms with Gasteiger partial charge < -0.3 is 14.8 Å². The summed E-state index contributed by atoms with van der Waals surface area (Å²) < 4.78 is 37.6. The van der Waals surface area contributed by atoms with Crippen molar-refractivity contribution in [1.82, 2.24) is 0 Å². The van der Waals surface area contributed by atoms with Gasteiger partial charge in [0.1, 0.15) is 23.1 Å². The van der Waals surface area contributed by atoms with Crippen LogP contribution in [0.5, 0.6) is 5.75 Å². The smallest absolute Gasteiger partial charge is 0.347 e. The first-order chi connectivity index (χ1) is 12.3. The number of carbonyl (C=O) groups is 2. The first-order valence-electron chi connectivity index (χ1n) is 7.96. The molecular weight excluding hydrogens is 344 g/mol. The molecule has 0 aromatic heterocycles. The summed E-state index contributed by atoms with van der Waals surface area (Å²) in [4.78, 5) is 24.1. The van der Waals surface area contributed by atoms with Crippen molar-refractivity contribution < 1.29 is 27.8 Å². The Morgan fingerprint density at radius 3 is 2.23 bits per heavy atom. The lowest BCUT2D eigenvalue weighted by atomic mass is 10.2. The van der Waals surface area contributed by atoms with Crippen molar-refractivity contribution in [3.05, 3.63) is 59.7 Å². The van der Waals surface area contributed by atoms with Crippen LogP contribution < -0.4 is 10.1 Å². The van der Waals surface area contributed by atoms with Crippen molar-refractivity contribution in [2.45, 2.75) is 33.0 Å². The monoisotopic (exact) mass is 363 g/mol. The van der Waals surface area contributed by atoms with E-state index >= 15 is 0 Å². The Balaban J connectivity index is 1.94. The summed E-state index contributed by atoms with van der Waals surface area (Å²) >= 11 is 0. The molecule has 0 spiro atoms. The molecule has 0 saturated heterocycles. The Morgan fingerprint density at radius 2 is 1.62 bits per heavy atom. The molecule has 5 nitrogen and oxygen atoms in total. The molecule has 138 valence electrons. The summed E-state index contributed by atoms with van der Waals surface area (Å²) in [5, 5.41) is 2.07. The molecule has 0 aliphatic heterocycles. The summed E-state index contributed by atoms with van der Waals surface area (Å²) in [5.74, 6) is -2.99. The van der Waals surface area contributed by atoms with Crippen LogP contribution in [0.2, 0.25) is 0 Å². The standard InChI is InChI=1S/C19H19F2NO4/c1-11-6-4-7-14(10-11)25-13(3)19(24)26-12(2)18(23)22-17-15(20)8-5-9-16(17)21/h4-10,12-13H,1-3H3,(H,22,23)/t12-,13-/m0/s1. The molecule has 2 aromatic rings. The molecule has 2 aromatic carbocycles. The third-order valence-corrected chi connectivity index (χ3v) is 3.51. The van der Waals surface area contributed by atoms with Crippen molar-refractivity contribution in [2.75, 3.05) is 5.32 Å². The average Bonchev–Trinajstić information content (AvgIpc) is 2.58. The van der Waals surface area contributed by atoms with Crippen LogP contribution in [-0.2, 0) is 14.3 Å². The Labute approximate surface area is 149 Å². The molecule has 2 atom stereocenters. The minimum atomic E-state index is -1.26. The van der Waals surface area contributed by atoms with E-state index in [1.54, 1.807) is 18.2 Å². The fourth-order valence-corrected chi connectivity index (χ4v) is 2.11. The first kappa shape index (κ1) is 19.4. The fourth-order valence-electron chi connectivity index (χ4n) is 2.11. The van der Waals surface area contributed by atoms with E-state index in [0.717, 1.165) is 17.7 Å². The maximum absolute atomic E-state index is 13.6. The molecule has 26 heavy (non-hydrogen) atoms. The molecule has 0 fully saturated rings.